The number of carbonyl (C=O) groups excluding carboxylic acids is 1. The first kappa shape index (κ1) is 17.3. The van der Waals surface area contributed by atoms with Gasteiger partial charge < -0.3 is 0 Å². The number of carbonyl (C=O) groups is 1. The minimum atomic E-state index is -0.171. The Balaban J connectivity index is 1.97. The third-order valence-corrected chi connectivity index (χ3v) is 5.38. The molecular formula is C20H21NOSe. The Kier molecular flexibility index (Phi) is 7.42. The van der Waals surface area contributed by atoms with Gasteiger partial charge in [-0.15, -0.1) is 0 Å². The number of rotatable bonds is 8. The van der Waals surface area contributed by atoms with E-state index in [0.29, 0.717) is 0 Å². The molecule has 0 aromatic heterocycles. The van der Waals surface area contributed by atoms with Gasteiger partial charge in [0.05, 0.1) is 0 Å². The molecule has 0 saturated carbocycles. The molecule has 0 unspecified atom stereocenters. The van der Waals surface area contributed by atoms with Crippen LogP contribution in [0.3, 0.4) is 0 Å². The van der Waals surface area contributed by atoms with Gasteiger partial charge in [0.25, 0.3) is 0 Å². The van der Waals surface area contributed by atoms with E-state index in [1.165, 1.54) is 5.56 Å². The zero-order valence-corrected chi connectivity index (χ0v) is 14.9. The van der Waals surface area contributed by atoms with Crippen molar-refractivity contribution in [1.29, 1.82) is 0 Å². The van der Waals surface area contributed by atoms with Gasteiger partial charge in [-0.1, -0.05) is 0 Å². The van der Waals surface area contributed by atoms with Crippen LogP contribution in [0.25, 0.3) is 0 Å². The van der Waals surface area contributed by atoms with E-state index >= 15 is 0 Å². The van der Waals surface area contributed by atoms with Crippen molar-refractivity contribution in [2.45, 2.75) is 12.8 Å². The second kappa shape index (κ2) is 9.86. The van der Waals surface area contributed by atoms with Crippen molar-refractivity contribution in [3.63, 3.8) is 0 Å². The van der Waals surface area contributed by atoms with Crippen LogP contribution in [0.15, 0.2) is 79.0 Å². The number of hydrogen-bond acceptors (Lipinski definition) is 1. The molecule has 0 atom stereocenters. The molecule has 2 nitrogen and oxygen atoms in total. The Hall–Kier alpha value is -2.05. The van der Waals surface area contributed by atoms with E-state index in [4.69, 9.17) is 0 Å². The summed E-state index contributed by atoms with van der Waals surface area (Å²) in [7, 11) is 0. The Morgan fingerprint density at radius 2 is 1.70 bits per heavy atom. The van der Waals surface area contributed by atoms with Crippen LogP contribution < -0.4 is 4.46 Å². The van der Waals surface area contributed by atoms with Crippen molar-refractivity contribution >= 4 is 24.2 Å². The Labute approximate surface area is 144 Å². The average Bonchev–Trinajstić information content (AvgIpc) is 2.59. The van der Waals surface area contributed by atoms with Crippen LogP contribution in [0, 0.1) is 0 Å². The van der Waals surface area contributed by atoms with E-state index in [2.05, 4.69) is 24.4 Å². The fourth-order valence-electron chi connectivity index (χ4n) is 2.18. The Morgan fingerprint density at radius 3 is 2.35 bits per heavy atom. The first-order chi connectivity index (χ1) is 11.3. The molecule has 3 heteroatoms. The summed E-state index contributed by atoms with van der Waals surface area (Å²) in [5.74, 6) is 0. The van der Waals surface area contributed by atoms with Crippen molar-refractivity contribution in [3.05, 3.63) is 84.6 Å². The van der Waals surface area contributed by atoms with Gasteiger partial charge in [0, 0.05) is 0 Å². The SMILES string of the molecule is C=C=CCCN(CCc1ccccc1)C(=O)[Se]c1ccccc1. The topological polar surface area (TPSA) is 20.3 Å². The summed E-state index contributed by atoms with van der Waals surface area (Å²) in [5, 5.41) is 0. The van der Waals surface area contributed by atoms with Crippen molar-refractivity contribution in [2.75, 3.05) is 13.1 Å². The molecule has 0 aliphatic rings. The number of nitrogens with zero attached hydrogens (tertiary/aromatic N) is 1. The fourth-order valence-corrected chi connectivity index (χ4v) is 3.87. The van der Waals surface area contributed by atoms with Gasteiger partial charge in [-0.25, -0.2) is 0 Å². The van der Waals surface area contributed by atoms with E-state index in [1.807, 2.05) is 59.5 Å². The zero-order chi connectivity index (χ0) is 16.3. The van der Waals surface area contributed by atoms with Gasteiger partial charge in [0.1, 0.15) is 0 Å². The molecule has 2 aromatic carbocycles. The van der Waals surface area contributed by atoms with E-state index in [0.717, 1.165) is 30.4 Å². The molecule has 2 rings (SSSR count). The third kappa shape index (κ3) is 6.30. The van der Waals surface area contributed by atoms with Crippen LogP contribution in [0.1, 0.15) is 12.0 Å². The van der Waals surface area contributed by atoms with Crippen LogP contribution in [0.5, 0.6) is 0 Å². The summed E-state index contributed by atoms with van der Waals surface area (Å²) >= 11 is -0.171. The van der Waals surface area contributed by atoms with Crippen molar-refractivity contribution in [2.24, 2.45) is 0 Å². The number of amides is 1. The van der Waals surface area contributed by atoms with Gasteiger partial charge in [0.15, 0.2) is 0 Å². The van der Waals surface area contributed by atoms with E-state index in [9.17, 15) is 4.79 Å². The van der Waals surface area contributed by atoms with E-state index in [1.54, 1.807) is 0 Å². The average molecular weight is 370 g/mol. The molecule has 0 saturated heterocycles. The third-order valence-electron chi connectivity index (χ3n) is 3.41. The van der Waals surface area contributed by atoms with Crippen molar-refractivity contribution in [3.8, 4) is 0 Å². The standard InChI is InChI=1S/C20H21NOSe/c1-2-3-10-16-21(17-15-18-11-6-4-7-12-18)20(22)23-19-13-8-5-9-14-19/h3-9,11-14H,1,10,15-17H2. The van der Waals surface area contributed by atoms with Gasteiger partial charge >= 0.3 is 144 Å². The minimum absolute atomic E-state index is 0.171. The predicted molar refractivity (Wildman–Crippen MR) is 97.3 cm³/mol. The van der Waals surface area contributed by atoms with Crippen molar-refractivity contribution < 1.29 is 4.79 Å². The van der Waals surface area contributed by atoms with E-state index < -0.39 is 0 Å². The molecule has 1 amide bonds. The number of benzene rings is 2. The first-order valence-electron chi connectivity index (χ1n) is 7.69. The fraction of sp³-hybridized carbons (Fsp3) is 0.200. The summed E-state index contributed by atoms with van der Waals surface area (Å²) in [6, 6.07) is 20.3. The second-order valence-corrected chi connectivity index (χ2v) is 7.25. The van der Waals surface area contributed by atoms with Crippen LogP contribution in [-0.2, 0) is 6.42 Å². The molecule has 23 heavy (non-hydrogen) atoms. The molecule has 0 radical (unpaired) electrons. The molecule has 118 valence electrons. The van der Waals surface area contributed by atoms with Gasteiger partial charge in [0.2, 0.25) is 0 Å². The maximum absolute atomic E-state index is 12.6. The molecule has 0 heterocycles. The summed E-state index contributed by atoms with van der Waals surface area (Å²) in [6.07, 6.45) is 3.57. The van der Waals surface area contributed by atoms with Crippen LogP contribution in [0.4, 0.5) is 4.79 Å². The molecule has 0 aliphatic heterocycles. The predicted octanol–water partition coefficient (Wildman–Crippen LogP) is 3.41. The second-order valence-electron chi connectivity index (χ2n) is 5.10. The quantitative estimate of drug-likeness (QED) is 0.515. The zero-order valence-electron chi connectivity index (χ0n) is 13.2. The first-order valence-corrected chi connectivity index (χ1v) is 9.41. The normalized spacial score (nSPS) is 9.91. The van der Waals surface area contributed by atoms with E-state index in [-0.39, 0.29) is 19.8 Å². The summed E-state index contributed by atoms with van der Waals surface area (Å²) in [6.45, 7) is 5.06. The molecule has 2 aromatic rings. The summed E-state index contributed by atoms with van der Waals surface area (Å²) < 4.78 is 1.12. The van der Waals surface area contributed by atoms with Crippen LogP contribution in [0.2, 0.25) is 0 Å². The molecule has 0 spiro atoms. The van der Waals surface area contributed by atoms with Gasteiger partial charge in [-0.05, 0) is 0 Å². The molecule has 0 fully saturated rings. The number of hydrogen-bond donors (Lipinski definition) is 0. The molecular weight excluding hydrogens is 349 g/mol. The Bertz CT molecular complexity index is 648. The van der Waals surface area contributed by atoms with Gasteiger partial charge in [-0.2, -0.15) is 0 Å². The van der Waals surface area contributed by atoms with Crippen molar-refractivity contribution in [1.82, 2.24) is 4.90 Å². The van der Waals surface area contributed by atoms with Crippen LogP contribution >= 0.6 is 0 Å². The van der Waals surface area contributed by atoms with Crippen LogP contribution in [-0.4, -0.2) is 37.8 Å². The van der Waals surface area contributed by atoms with Gasteiger partial charge in [-0.3, -0.25) is 0 Å². The molecule has 0 aliphatic carbocycles. The molecule has 0 N–H and O–H groups in total. The molecule has 0 bridgehead atoms. The summed E-state index contributed by atoms with van der Waals surface area (Å²) in [5.41, 5.74) is 4.04. The maximum atomic E-state index is 12.6. The monoisotopic (exact) mass is 371 g/mol. The Morgan fingerprint density at radius 1 is 1.04 bits per heavy atom. The summed E-state index contributed by atoms with van der Waals surface area (Å²) in [4.78, 5) is 14.8.